The molecule has 0 fully saturated rings. The zero-order valence-electron chi connectivity index (χ0n) is 8.11. The van der Waals surface area contributed by atoms with Crippen molar-refractivity contribution in [1.82, 2.24) is 0 Å². The van der Waals surface area contributed by atoms with Crippen LogP contribution in [-0.4, -0.2) is 22.0 Å². The van der Waals surface area contributed by atoms with Crippen molar-refractivity contribution < 1.29 is 15.0 Å². The maximum atomic E-state index is 11.5. The Labute approximate surface area is 82.0 Å². The standard InChI is InChI=1S/C10H13NO3/c1-5-8(12)4-3-7(9(5)13)10(14)6(2)11/h3-4,6,12-13H,11H2,1-2H3. The lowest BCUT2D eigenvalue weighted by atomic mass is 10.0. The summed E-state index contributed by atoms with van der Waals surface area (Å²) in [4.78, 5) is 11.5. The molecule has 0 saturated carbocycles. The van der Waals surface area contributed by atoms with Crippen LogP contribution < -0.4 is 5.73 Å². The van der Waals surface area contributed by atoms with Gasteiger partial charge in [-0.3, -0.25) is 4.79 Å². The topological polar surface area (TPSA) is 83.5 Å². The van der Waals surface area contributed by atoms with Gasteiger partial charge in [0.05, 0.1) is 11.6 Å². The first-order chi connectivity index (χ1) is 6.45. The highest BCUT2D eigenvalue weighted by atomic mass is 16.3. The smallest absolute Gasteiger partial charge is 0.182 e. The Balaban J connectivity index is 3.24. The summed E-state index contributed by atoms with van der Waals surface area (Å²) >= 11 is 0. The van der Waals surface area contributed by atoms with Crippen LogP contribution in [0.1, 0.15) is 22.8 Å². The molecule has 4 heteroatoms. The normalized spacial score (nSPS) is 12.5. The summed E-state index contributed by atoms with van der Waals surface area (Å²) in [7, 11) is 0. The molecule has 1 unspecified atom stereocenters. The van der Waals surface area contributed by atoms with Gasteiger partial charge in [-0.15, -0.1) is 0 Å². The van der Waals surface area contributed by atoms with Gasteiger partial charge in [0.15, 0.2) is 5.78 Å². The number of carbonyl (C=O) groups is 1. The molecule has 0 aromatic heterocycles. The van der Waals surface area contributed by atoms with Gasteiger partial charge >= 0.3 is 0 Å². The maximum absolute atomic E-state index is 11.5. The number of phenolic OH excluding ortho intramolecular Hbond substituents is 2. The van der Waals surface area contributed by atoms with Gasteiger partial charge in [0, 0.05) is 5.56 Å². The Kier molecular flexibility index (Phi) is 2.76. The number of Topliss-reactive ketones (excluding diaryl/α,β-unsaturated/α-hetero) is 1. The second-order valence-electron chi connectivity index (χ2n) is 3.26. The molecule has 0 saturated heterocycles. The minimum absolute atomic E-state index is 0.0382. The number of benzene rings is 1. The number of rotatable bonds is 2. The van der Waals surface area contributed by atoms with E-state index in [0.717, 1.165) is 0 Å². The molecule has 0 spiro atoms. The van der Waals surface area contributed by atoms with Gasteiger partial charge in [-0.25, -0.2) is 0 Å². The van der Waals surface area contributed by atoms with E-state index in [-0.39, 0.29) is 28.4 Å². The lowest BCUT2D eigenvalue weighted by Crippen LogP contribution is -2.26. The monoisotopic (exact) mass is 195 g/mol. The average molecular weight is 195 g/mol. The first-order valence-corrected chi connectivity index (χ1v) is 4.26. The van der Waals surface area contributed by atoms with Crippen molar-refractivity contribution in [2.45, 2.75) is 19.9 Å². The number of hydrogen-bond acceptors (Lipinski definition) is 4. The summed E-state index contributed by atoms with van der Waals surface area (Å²) in [6.45, 7) is 3.08. The third-order valence-electron chi connectivity index (χ3n) is 2.08. The molecule has 0 aliphatic rings. The van der Waals surface area contributed by atoms with Gasteiger partial charge in [-0.2, -0.15) is 0 Å². The van der Waals surface area contributed by atoms with E-state index in [2.05, 4.69) is 0 Å². The van der Waals surface area contributed by atoms with Crippen LogP contribution in [0, 0.1) is 6.92 Å². The molecular formula is C10H13NO3. The van der Waals surface area contributed by atoms with Crippen molar-refractivity contribution in [3.05, 3.63) is 23.3 Å². The maximum Gasteiger partial charge on any atom is 0.182 e. The van der Waals surface area contributed by atoms with Crippen molar-refractivity contribution in [2.24, 2.45) is 5.73 Å². The van der Waals surface area contributed by atoms with Crippen molar-refractivity contribution >= 4 is 5.78 Å². The summed E-state index contributed by atoms with van der Waals surface area (Å²) in [5.41, 5.74) is 5.84. The predicted molar refractivity (Wildman–Crippen MR) is 52.5 cm³/mol. The lowest BCUT2D eigenvalue weighted by molar-refractivity contribution is 0.0965. The zero-order valence-corrected chi connectivity index (χ0v) is 8.11. The minimum atomic E-state index is -0.662. The second-order valence-corrected chi connectivity index (χ2v) is 3.26. The summed E-state index contributed by atoms with van der Waals surface area (Å²) in [5.74, 6) is -0.582. The quantitative estimate of drug-likeness (QED) is 0.613. The predicted octanol–water partition coefficient (Wildman–Crippen LogP) is 0.936. The SMILES string of the molecule is Cc1c(O)ccc(C(=O)C(C)N)c1O. The molecule has 1 aromatic carbocycles. The van der Waals surface area contributed by atoms with Crippen LogP contribution in [0.4, 0.5) is 0 Å². The Bertz CT molecular complexity index is 372. The number of aromatic hydroxyl groups is 2. The highest BCUT2D eigenvalue weighted by molar-refractivity contribution is 6.02. The number of ketones is 1. The van der Waals surface area contributed by atoms with E-state index in [1.165, 1.54) is 19.1 Å². The number of carbonyl (C=O) groups excluding carboxylic acids is 1. The van der Waals surface area contributed by atoms with Crippen LogP contribution in [0.25, 0.3) is 0 Å². The molecule has 0 amide bonds. The van der Waals surface area contributed by atoms with Crippen LogP contribution in [0.3, 0.4) is 0 Å². The molecule has 4 nitrogen and oxygen atoms in total. The van der Waals surface area contributed by atoms with Gasteiger partial charge in [0.25, 0.3) is 0 Å². The third kappa shape index (κ3) is 1.70. The largest absolute Gasteiger partial charge is 0.508 e. The van der Waals surface area contributed by atoms with E-state index in [1.54, 1.807) is 6.92 Å². The average Bonchev–Trinajstić information content (AvgIpc) is 2.13. The van der Waals surface area contributed by atoms with Crippen molar-refractivity contribution in [3.63, 3.8) is 0 Å². The number of phenols is 2. The Morgan fingerprint density at radius 2 is 2.00 bits per heavy atom. The molecule has 0 radical (unpaired) electrons. The Morgan fingerprint density at radius 3 is 2.50 bits per heavy atom. The van der Waals surface area contributed by atoms with Crippen molar-refractivity contribution in [1.29, 1.82) is 0 Å². The first-order valence-electron chi connectivity index (χ1n) is 4.26. The van der Waals surface area contributed by atoms with E-state index < -0.39 is 6.04 Å². The fourth-order valence-corrected chi connectivity index (χ4v) is 1.13. The van der Waals surface area contributed by atoms with Gasteiger partial charge < -0.3 is 15.9 Å². The van der Waals surface area contributed by atoms with Gasteiger partial charge in [0.1, 0.15) is 11.5 Å². The zero-order chi connectivity index (χ0) is 10.9. The molecule has 1 rings (SSSR count). The number of hydrogen-bond donors (Lipinski definition) is 3. The highest BCUT2D eigenvalue weighted by Crippen LogP contribution is 2.29. The van der Waals surface area contributed by atoms with Gasteiger partial charge in [-0.1, -0.05) is 0 Å². The van der Waals surface area contributed by atoms with E-state index in [1.807, 2.05) is 0 Å². The molecule has 4 N–H and O–H groups in total. The molecule has 1 aromatic rings. The fraction of sp³-hybridized carbons (Fsp3) is 0.300. The second kappa shape index (κ2) is 3.67. The summed E-state index contributed by atoms with van der Waals surface area (Å²) in [6.07, 6.45) is 0. The summed E-state index contributed by atoms with van der Waals surface area (Å²) in [6, 6.07) is 2.07. The summed E-state index contributed by atoms with van der Waals surface area (Å²) in [5, 5.41) is 18.8. The molecule has 76 valence electrons. The molecule has 0 aliphatic carbocycles. The molecular weight excluding hydrogens is 182 g/mol. The first kappa shape index (κ1) is 10.5. The van der Waals surface area contributed by atoms with Crippen molar-refractivity contribution in [2.75, 3.05) is 0 Å². The van der Waals surface area contributed by atoms with E-state index in [4.69, 9.17) is 5.73 Å². The van der Waals surface area contributed by atoms with E-state index >= 15 is 0 Å². The third-order valence-corrected chi connectivity index (χ3v) is 2.08. The van der Waals surface area contributed by atoms with Crippen LogP contribution in [0.15, 0.2) is 12.1 Å². The Morgan fingerprint density at radius 1 is 1.43 bits per heavy atom. The highest BCUT2D eigenvalue weighted by Gasteiger charge is 2.17. The van der Waals surface area contributed by atoms with E-state index in [9.17, 15) is 15.0 Å². The number of nitrogens with two attached hydrogens (primary N) is 1. The Hall–Kier alpha value is -1.55. The fourth-order valence-electron chi connectivity index (χ4n) is 1.13. The van der Waals surface area contributed by atoms with Crippen molar-refractivity contribution in [3.8, 4) is 11.5 Å². The van der Waals surface area contributed by atoms with Crippen LogP contribution in [0.2, 0.25) is 0 Å². The van der Waals surface area contributed by atoms with Gasteiger partial charge in [-0.05, 0) is 26.0 Å². The van der Waals surface area contributed by atoms with Crippen LogP contribution in [-0.2, 0) is 0 Å². The molecule has 0 heterocycles. The minimum Gasteiger partial charge on any atom is -0.508 e. The molecule has 14 heavy (non-hydrogen) atoms. The van der Waals surface area contributed by atoms with Crippen LogP contribution >= 0.6 is 0 Å². The summed E-state index contributed by atoms with van der Waals surface area (Å²) < 4.78 is 0. The lowest BCUT2D eigenvalue weighted by Gasteiger charge is -2.09. The van der Waals surface area contributed by atoms with E-state index in [0.29, 0.717) is 0 Å². The van der Waals surface area contributed by atoms with Gasteiger partial charge in [0.2, 0.25) is 0 Å². The molecule has 0 aliphatic heterocycles. The molecule has 1 atom stereocenters. The molecule has 0 bridgehead atoms. The van der Waals surface area contributed by atoms with Crippen LogP contribution in [0.5, 0.6) is 11.5 Å².